The van der Waals surface area contributed by atoms with Gasteiger partial charge in [-0.05, 0) is 42.8 Å². The molecule has 0 bridgehead atoms. The lowest BCUT2D eigenvalue weighted by Crippen LogP contribution is -2.10. The highest BCUT2D eigenvalue weighted by atomic mass is 32.2. The normalized spacial score (nSPS) is 16.8. The Hall–Kier alpha value is -3.26. The molecule has 0 saturated heterocycles. The van der Waals surface area contributed by atoms with E-state index in [0.29, 0.717) is 11.1 Å². The minimum absolute atomic E-state index is 0.00145. The molecule has 4 rings (SSSR count). The van der Waals surface area contributed by atoms with E-state index in [0.717, 1.165) is 21.3 Å². The number of imidazole rings is 1. The Bertz CT molecular complexity index is 1160. The zero-order valence-electron chi connectivity index (χ0n) is 15.7. The molecule has 1 amide bonds. The molecular weight excluding hydrogens is 393 g/mol. The number of phenols is 1. The molecule has 6 nitrogen and oxygen atoms in total. The molecule has 0 aliphatic carbocycles. The van der Waals surface area contributed by atoms with Crippen molar-refractivity contribution >= 4 is 23.7 Å². The number of rotatable bonds is 4. The first-order chi connectivity index (χ1) is 13.9. The van der Waals surface area contributed by atoms with Crippen LogP contribution in [0.25, 0.3) is 17.3 Å². The SMILES string of the molecule is COc1cc(/C=C2\Sc3nc(-c4cccc(C(N)=O)c4)cn3C2C)cc(F)c1O. The van der Waals surface area contributed by atoms with E-state index in [-0.39, 0.29) is 11.8 Å². The van der Waals surface area contributed by atoms with E-state index < -0.39 is 17.5 Å². The molecule has 0 radical (unpaired) electrons. The number of fused-ring (bicyclic) bond motifs is 1. The van der Waals surface area contributed by atoms with E-state index in [2.05, 4.69) is 4.98 Å². The number of halogens is 1. The number of primary amides is 1. The molecule has 1 aromatic heterocycles. The number of phenolic OH excluding ortho intramolecular Hbond substituents is 1. The molecule has 0 saturated carbocycles. The number of carbonyl (C=O) groups is 1. The van der Waals surface area contributed by atoms with Crippen LogP contribution >= 0.6 is 11.8 Å². The number of hydrogen-bond acceptors (Lipinski definition) is 5. The van der Waals surface area contributed by atoms with Gasteiger partial charge in [-0.15, -0.1) is 0 Å². The summed E-state index contributed by atoms with van der Waals surface area (Å²) < 4.78 is 21.0. The van der Waals surface area contributed by atoms with Crippen molar-refractivity contribution in [2.24, 2.45) is 5.73 Å². The second-order valence-electron chi connectivity index (χ2n) is 6.64. The van der Waals surface area contributed by atoms with Crippen LogP contribution < -0.4 is 10.5 Å². The molecule has 148 valence electrons. The van der Waals surface area contributed by atoms with Gasteiger partial charge < -0.3 is 20.1 Å². The molecule has 1 atom stereocenters. The number of methoxy groups -OCH3 is 1. The Morgan fingerprint density at radius 1 is 1.38 bits per heavy atom. The number of amides is 1. The van der Waals surface area contributed by atoms with Crippen LogP contribution in [-0.2, 0) is 0 Å². The quantitative estimate of drug-likeness (QED) is 0.671. The maximum atomic E-state index is 13.9. The van der Waals surface area contributed by atoms with Crippen molar-refractivity contribution in [3.8, 4) is 22.8 Å². The fraction of sp³-hybridized carbons (Fsp3) is 0.143. The van der Waals surface area contributed by atoms with Gasteiger partial charge in [-0.2, -0.15) is 0 Å². The maximum Gasteiger partial charge on any atom is 0.248 e. The van der Waals surface area contributed by atoms with Gasteiger partial charge in [-0.1, -0.05) is 23.9 Å². The molecule has 3 aromatic rings. The van der Waals surface area contributed by atoms with Crippen molar-refractivity contribution in [1.82, 2.24) is 9.55 Å². The summed E-state index contributed by atoms with van der Waals surface area (Å²) >= 11 is 1.48. The average molecular weight is 411 g/mol. The van der Waals surface area contributed by atoms with Gasteiger partial charge in [-0.25, -0.2) is 9.37 Å². The van der Waals surface area contributed by atoms with Gasteiger partial charge in [0.25, 0.3) is 0 Å². The van der Waals surface area contributed by atoms with Gasteiger partial charge in [-0.3, -0.25) is 4.79 Å². The highest BCUT2D eigenvalue weighted by Gasteiger charge is 2.27. The largest absolute Gasteiger partial charge is 0.502 e. The predicted molar refractivity (Wildman–Crippen MR) is 109 cm³/mol. The summed E-state index contributed by atoms with van der Waals surface area (Å²) in [6, 6.07) is 9.88. The van der Waals surface area contributed by atoms with Crippen molar-refractivity contribution in [3.63, 3.8) is 0 Å². The molecule has 2 heterocycles. The van der Waals surface area contributed by atoms with Crippen LogP contribution in [0, 0.1) is 5.82 Å². The number of allylic oxidation sites excluding steroid dienone is 1. The van der Waals surface area contributed by atoms with E-state index in [9.17, 15) is 14.3 Å². The summed E-state index contributed by atoms with van der Waals surface area (Å²) in [6.07, 6.45) is 3.77. The Kier molecular flexibility index (Phi) is 4.79. The summed E-state index contributed by atoms with van der Waals surface area (Å²) in [5.41, 5.74) is 7.94. The summed E-state index contributed by atoms with van der Waals surface area (Å²) in [4.78, 5) is 17.1. The Labute approximate surface area is 170 Å². The van der Waals surface area contributed by atoms with E-state index in [1.54, 1.807) is 24.3 Å². The van der Waals surface area contributed by atoms with Crippen LogP contribution in [-0.4, -0.2) is 27.7 Å². The number of ether oxygens (including phenoxy) is 1. The van der Waals surface area contributed by atoms with Crippen LogP contribution in [0.3, 0.4) is 0 Å². The second kappa shape index (κ2) is 7.29. The first-order valence-electron chi connectivity index (χ1n) is 8.82. The molecule has 29 heavy (non-hydrogen) atoms. The molecule has 1 unspecified atom stereocenters. The fourth-order valence-corrected chi connectivity index (χ4v) is 4.33. The molecular formula is C21H18FN3O3S. The van der Waals surface area contributed by atoms with Gasteiger partial charge >= 0.3 is 0 Å². The number of aromatic nitrogens is 2. The van der Waals surface area contributed by atoms with Gasteiger partial charge in [0, 0.05) is 22.2 Å². The van der Waals surface area contributed by atoms with Crippen molar-refractivity contribution in [1.29, 1.82) is 0 Å². The van der Waals surface area contributed by atoms with Gasteiger partial charge in [0.2, 0.25) is 5.91 Å². The minimum atomic E-state index is -0.735. The summed E-state index contributed by atoms with van der Waals surface area (Å²) in [5, 5.41) is 10.5. The van der Waals surface area contributed by atoms with Crippen LogP contribution in [0.15, 0.2) is 52.7 Å². The van der Waals surface area contributed by atoms with Crippen molar-refractivity contribution in [2.75, 3.05) is 7.11 Å². The third-order valence-electron chi connectivity index (χ3n) is 4.76. The van der Waals surface area contributed by atoms with Gasteiger partial charge in [0.05, 0.1) is 18.8 Å². The van der Waals surface area contributed by atoms with Crippen LogP contribution in [0.2, 0.25) is 0 Å². The van der Waals surface area contributed by atoms with Crippen molar-refractivity contribution < 1.29 is 19.0 Å². The van der Waals surface area contributed by atoms with Gasteiger partial charge in [0.1, 0.15) is 0 Å². The molecule has 8 heteroatoms. The van der Waals surface area contributed by atoms with Crippen LogP contribution in [0.4, 0.5) is 4.39 Å². The zero-order valence-corrected chi connectivity index (χ0v) is 16.5. The molecule has 0 spiro atoms. The smallest absolute Gasteiger partial charge is 0.248 e. The summed E-state index contributed by atoms with van der Waals surface area (Å²) in [7, 11) is 1.38. The Morgan fingerprint density at radius 3 is 2.86 bits per heavy atom. The number of thioether (sulfide) groups is 1. The topological polar surface area (TPSA) is 90.4 Å². The average Bonchev–Trinajstić information content (AvgIpc) is 3.24. The standard InChI is InChI=1S/C21H18FN3O3S/c1-11-18(8-12-6-15(22)19(26)17(7-12)28-2)29-21-24-16(10-25(11)21)13-4-3-5-14(9-13)20(23)27/h3-11,26H,1-2H3,(H2,23,27)/b18-8-. The van der Waals surface area contributed by atoms with Crippen LogP contribution in [0.5, 0.6) is 11.5 Å². The number of nitrogens with zero attached hydrogens (tertiary/aromatic N) is 2. The maximum absolute atomic E-state index is 13.9. The number of benzene rings is 2. The fourth-order valence-electron chi connectivity index (χ4n) is 3.18. The minimum Gasteiger partial charge on any atom is -0.502 e. The lowest BCUT2D eigenvalue weighted by atomic mass is 10.1. The van der Waals surface area contributed by atoms with E-state index >= 15 is 0 Å². The van der Waals surface area contributed by atoms with E-state index in [1.165, 1.54) is 24.9 Å². The number of nitrogens with two attached hydrogens (primary N) is 1. The number of carbonyl (C=O) groups excluding carboxylic acids is 1. The molecule has 1 aliphatic rings. The number of aromatic hydroxyl groups is 1. The van der Waals surface area contributed by atoms with Crippen molar-refractivity contribution in [2.45, 2.75) is 18.1 Å². The second-order valence-corrected chi connectivity index (χ2v) is 7.68. The molecule has 2 aromatic carbocycles. The monoisotopic (exact) mass is 411 g/mol. The predicted octanol–water partition coefficient (Wildman–Crippen LogP) is 4.21. The van der Waals surface area contributed by atoms with Crippen LogP contribution in [0.1, 0.15) is 28.9 Å². The summed E-state index contributed by atoms with van der Waals surface area (Å²) in [6.45, 7) is 2.02. The lowest BCUT2D eigenvalue weighted by molar-refractivity contribution is 0.100. The van der Waals surface area contributed by atoms with Crippen molar-refractivity contribution in [3.05, 3.63) is 64.4 Å². The molecule has 0 fully saturated rings. The highest BCUT2D eigenvalue weighted by Crippen LogP contribution is 2.45. The highest BCUT2D eigenvalue weighted by molar-refractivity contribution is 8.03. The zero-order chi connectivity index (χ0) is 20.7. The molecule has 1 aliphatic heterocycles. The first kappa shape index (κ1) is 19.1. The van der Waals surface area contributed by atoms with Gasteiger partial charge in [0.15, 0.2) is 22.5 Å². The first-order valence-corrected chi connectivity index (χ1v) is 9.64. The Morgan fingerprint density at radius 2 is 2.17 bits per heavy atom. The lowest BCUT2D eigenvalue weighted by Gasteiger charge is -2.09. The number of hydrogen-bond donors (Lipinski definition) is 2. The Balaban J connectivity index is 1.64. The third kappa shape index (κ3) is 3.47. The van der Waals surface area contributed by atoms with E-state index in [1.807, 2.05) is 29.8 Å². The van der Waals surface area contributed by atoms with E-state index in [4.69, 9.17) is 10.5 Å². The molecule has 3 N–H and O–H groups in total. The third-order valence-corrected chi connectivity index (χ3v) is 5.94. The summed E-state index contributed by atoms with van der Waals surface area (Å²) in [5.74, 6) is -1.64.